The molecule has 1 saturated heterocycles. The summed E-state index contributed by atoms with van der Waals surface area (Å²) >= 11 is 12.3. The predicted molar refractivity (Wildman–Crippen MR) is 92.8 cm³/mol. The van der Waals surface area contributed by atoms with Crippen LogP contribution in [0.25, 0.3) is 0 Å². The van der Waals surface area contributed by atoms with Gasteiger partial charge in [0, 0.05) is 26.3 Å². The highest BCUT2D eigenvalue weighted by Crippen LogP contribution is 2.35. The Kier molecular flexibility index (Phi) is 6.39. The lowest BCUT2D eigenvalue weighted by atomic mass is 10.1. The molecular formula is C16H22Cl2N2O3. The molecule has 0 aromatic heterocycles. The average Bonchev–Trinajstić information content (AvgIpc) is 2.51. The van der Waals surface area contributed by atoms with Gasteiger partial charge in [0.25, 0.3) is 0 Å². The lowest BCUT2D eigenvalue weighted by Gasteiger charge is -2.31. The summed E-state index contributed by atoms with van der Waals surface area (Å²) < 4.78 is 10.9. The number of hydrogen-bond donors (Lipinski definition) is 1. The molecule has 128 valence electrons. The van der Waals surface area contributed by atoms with Crippen LogP contribution >= 0.6 is 23.2 Å². The van der Waals surface area contributed by atoms with Crippen LogP contribution < -0.4 is 10.1 Å². The molecule has 1 aliphatic heterocycles. The van der Waals surface area contributed by atoms with Gasteiger partial charge in [-0.1, -0.05) is 23.2 Å². The maximum atomic E-state index is 12.4. The van der Waals surface area contributed by atoms with E-state index in [-0.39, 0.29) is 18.2 Å². The van der Waals surface area contributed by atoms with Crippen molar-refractivity contribution >= 4 is 34.9 Å². The fourth-order valence-corrected chi connectivity index (χ4v) is 2.93. The second kappa shape index (κ2) is 8.08. The highest BCUT2D eigenvalue weighted by molar-refractivity contribution is 6.37. The minimum Gasteiger partial charge on any atom is -0.489 e. The van der Waals surface area contributed by atoms with Gasteiger partial charge in [-0.25, -0.2) is 4.79 Å². The molecule has 0 bridgehead atoms. The number of piperidine rings is 1. The van der Waals surface area contributed by atoms with Crippen LogP contribution in [0.4, 0.5) is 10.5 Å². The van der Waals surface area contributed by atoms with Gasteiger partial charge in [0.15, 0.2) is 0 Å². The van der Waals surface area contributed by atoms with Crippen LogP contribution in [0.15, 0.2) is 12.1 Å². The molecule has 2 rings (SSSR count). The number of ether oxygens (including phenoxy) is 2. The van der Waals surface area contributed by atoms with Crippen molar-refractivity contribution < 1.29 is 14.3 Å². The Labute approximate surface area is 146 Å². The Morgan fingerprint density at radius 2 is 1.91 bits per heavy atom. The van der Waals surface area contributed by atoms with Gasteiger partial charge < -0.3 is 19.7 Å². The van der Waals surface area contributed by atoms with E-state index < -0.39 is 0 Å². The summed E-state index contributed by atoms with van der Waals surface area (Å²) in [5.74, 6) is 0.499. The molecule has 0 atom stereocenters. The van der Waals surface area contributed by atoms with E-state index in [1.165, 1.54) is 0 Å². The van der Waals surface area contributed by atoms with E-state index in [9.17, 15) is 4.79 Å². The fraction of sp³-hybridized carbons (Fsp3) is 0.562. The van der Waals surface area contributed by atoms with Gasteiger partial charge in [-0.15, -0.1) is 0 Å². The monoisotopic (exact) mass is 360 g/mol. The van der Waals surface area contributed by atoms with Crippen molar-refractivity contribution in [3.63, 3.8) is 0 Å². The predicted octanol–water partition coefficient (Wildman–Crippen LogP) is 4.42. The number of carbonyl (C=O) groups excluding carboxylic acids is 1. The van der Waals surface area contributed by atoms with Gasteiger partial charge in [0.2, 0.25) is 0 Å². The molecule has 1 aromatic rings. The molecule has 0 saturated carbocycles. The number of nitrogens with one attached hydrogen (secondary N) is 1. The molecular weight excluding hydrogens is 339 g/mol. The Morgan fingerprint density at radius 1 is 1.26 bits per heavy atom. The third-order valence-electron chi connectivity index (χ3n) is 3.69. The molecule has 1 N–H and O–H groups in total. The molecule has 7 heteroatoms. The molecule has 1 aliphatic rings. The van der Waals surface area contributed by atoms with Crippen LogP contribution in [-0.2, 0) is 4.74 Å². The number of halogens is 2. The molecule has 2 amide bonds. The number of urea groups is 1. The van der Waals surface area contributed by atoms with E-state index in [1.54, 1.807) is 24.1 Å². The van der Waals surface area contributed by atoms with E-state index in [0.717, 1.165) is 12.8 Å². The highest BCUT2D eigenvalue weighted by Gasteiger charge is 2.23. The Balaban J connectivity index is 2.05. The van der Waals surface area contributed by atoms with Gasteiger partial charge in [0.1, 0.15) is 5.75 Å². The summed E-state index contributed by atoms with van der Waals surface area (Å²) in [4.78, 5) is 14.1. The first-order valence-corrected chi connectivity index (χ1v) is 8.40. The van der Waals surface area contributed by atoms with Crippen LogP contribution in [0.2, 0.25) is 10.0 Å². The molecule has 1 fully saturated rings. The van der Waals surface area contributed by atoms with Crippen LogP contribution in [0.5, 0.6) is 5.75 Å². The summed E-state index contributed by atoms with van der Waals surface area (Å²) in [7, 11) is 1.70. The number of rotatable bonds is 4. The number of benzene rings is 1. The quantitative estimate of drug-likeness (QED) is 0.864. The Hall–Kier alpha value is -1.17. The first-order valence-electron chi connectivity index (χ1n) is 7.65. The number of anilines is 1. The van der Waals surface area contributed by atoms with Crippen molar-refractivity contribution in [2.45, 2.75) is 38.9 Å². The summed E-state index contributed by atoms with van der Waals surface area (Å²) in [6, 6.07) is 3.05. The maximum absolute atomic E-state index is 12.4. The highest BCUT2D eigenvalue weighted by atomic mass is 35.5. The normalized spacial score (nSPS) is 15.8. The van der Waals surface area contributed by atoms with Crippen molar-refractivity contribution in [3.05, 3.63) is 22.2 Å². The number of nitrogens with zero attached hydrogens (tertiary/aromatic N) is 1. The second-order valence-electron chi connectivity index (χ2n) is 5.78. The molecule has 0 aliphatic carbocycles. The van der Waals surface area contributed by atoms with Crippen LogP contribution in [0.3, 0.4) is 0 Å². The first-order chi connectivity index (χ1) is 10.9. The SMILES string of the molecule is COC1CCN(C(=O)Nc2cc(OC(C)C)c(Cl)cc2Cl)CC1. The molecule has 5 nitrogen and oxygen atoms in total. The maximum Gasteiger partial charge on any atom is 0.321 e. The van der Waals surface area contributed by atoms with Crippen LogP contribution in [0, 0.1) is 0 Å². The Morgan fingerprint density at radius 3 is 2.48 bits per heavy atom. The first kappa shape index (κ1) is 18.2. The number of methoxy groups -OCH3 is 1. The van der Waals surface area contributed by atoms with Crippen LogP contribution in [0.1, 0.15) is 26.7 Å². The average molecular weight is 361 g/mol. The van der Waals surface area contributed by atoms with E-state index in [2.05, 4.69) is 5.32 Å². The molecule has 1 heterocycles. The van der Waals surface area contributed by atoms with E-state index >= 15 is 0 Å². The van der Waals surface area contributed by atoms with Crippen molar-refractivity contribution in [1.82, 2.24) is 4.90 Å². The molecule has 0 unspecified atom stereocenters. The van der Waals surface area contributed by atoms with Crippen molar-refractivity contribution in [3.8, 4) is 5.75 Å². The van der Waals surface area contributed by atoms with Gasteiger partial charge in [-0.3, -0.25) is 0 Å². The number of amides is 2. The van der Waals surface area contributed by atoms with Gasteiger partial charge in [-0.2, -0.15) is 0 Å². The van der Waals surface area contributed by atoms with E-state index in [4.69, 9.17) is 32.7 Å². The van der Waals surface area contributed by atoms with Gasteiger partial charge in [-0.05, 0) is 32.8 Å². The summed E-state index contributed by atoms with van der Waals surface area (Å²) in [6.07, 6.45) is 1.87. The molecule has 0 radical (unpaired) electrons. The molecule has 0 spiro atoms. The fourth-order valence-electron chi connectivity index (χ4n) is 2.46. The smallest absolute Gasteiger partial charge is 0.321 e. The lowest BCUT2D eigenvalue weighted by Crippen LogP contribution is -2.42. The zero-order valence-electron chi connectivity index (χ0n) is 13.6. The lowest BCUT2D eigenvalue weighted by molar-refractivity contribution is 0.0521. The zero-order chi connectivity index (χ0) is 17.0. The molecule has 23 heavy (non-hydrogen) atoms. The van der Waals surface area contributed by atoms with Crippen molar-refractivity contribution in [1.29, 1.82) is 0 Å². The standard InChI is InChI=1S/C16H22Cl2N2O3/c1-10(2)23-15-9-14(12(17)8-13(15)18)19-16(21)20-6-4-11(22-3)5-7-20/h8-11H,4-7H2,1-3H3,(H,19,21). The molecule has 1 aromatic carbocycles. The largest absolute Gasteiger partial charge is 0.489 e. The minimum atomic E-state index is -0.181. The van der Waals surface area contributed by atoms with Gasteiger partial charge >= 0.3 is 6.03 Å². The third kappa shape index (κ3) is 4.90. The van der Waals surface area contributed by atoms with E-state index in [0.29, 0.717) is 34.6 Å². The van der Waals surface area contributed by atoms with Crippen molar-refractivity contribution in [2.24, 2.45) is 0 Å². The summed E-state index contributed by atoms with van der Waals surface area (Å²) in [5.41, 5.74) is 0.491. The number of likely N-dealkylation sites (tertiary alicyclic amines) is 1. The number of carbonyl (C=O) groups is 1. The minimum absolute atomic E-state index is 0.0229. The topological polar surface area (TPSA) is 50.8 Å². The summed E-state index contributed by atoms with van der Waals surface area (Å²) in [6.45, 7) is 5.13. The van der Waals surface area contributed by atoms with Crippen molar-refractivity contribution in [2.75, 3.05) is 25.5 Å². The third-order valence-corrected chi connectivity index (χ3v) is 4.30. The number of hydrogen-bond acceptors (Lipinski definition) is 3. The van der Waals surface area contributed by atoms with Crippen LogP contribution in [-0.4, -0.2) is 43.3 Å². The second-order valence-corrected chi connectivity index (χ2v) is 6.60. The zero-order valence-corrected chi connectivity index (χ0v) is 15.1. The summed E-state index contributed by atoms with van der Waals surface area (Å²) in [5, 5.41) is 3.63. The Bertz CT molecular complexity index is 559. The van der Waals surface area contributed by atoms with Gasteiger partial charge in [0.05, 0.1) is 27.9 Å². The van der Waals surface area contributed by atoms with E-state index in [1.807, 2.05) is 13.8 Å².